The summed E-state index contributed by atoms with van der Waals surface area (Å²) < 4.78 is 45.6. The van der Waals surface area contributed by atoms with Crippen LogP contribution in [0, 0.1) is 5.82 Å². The molecule has 0 fully saturated rings. The zero-order valence-corrected chi connectivity index (χ0v) is 12.2. The van der Waals surface area contributed by atoms with Crippen LogP contribution in [0.2, 0.25) is 0 Å². The summed E-state index contributed by atoms with van der Waals surface area (Å²) in [6.45, 7) is 2.18. The first kappa shape index (κ1) is 15.1. The third-order valence-electron chi connectivity index (χ3n) is 2.70. The molecule has 0 heterocycles. The minimum Gasteiger partial charge on any atom is -0.492 e. The van der Waals surface area contributed by atoms with E-state index in [0.29, 0.717) is 12.4 Å². The van der Waals surface area contributed by atoms with Gasteiger partial charge in [-0.15, -0.1) is 0 Å². The van der Waals surface area contributed by atoms with Crippen molar-refractivity contribution in [1.82, 2.24) is 0 Å². The Labute approximate surface area is 122 Å². The van der Waals surface area contributed by atoms with Gasteiger partial charge in [0.1, 0.15) is 16.5 Å². The fraction of sp³-hybridized carbons (Fsp3) is 0.143. The van der Waals surface area contributed by atoms with Crippen molar-refractivity contribution < 1.29 is 17.5 Å². The highest BCUT2D eigenvalue weighted by molar-refractivity contribution is 7.92. The van der Waals surface area contributed by atoms with E-state index in [2.05, 4.69) is 4.72 Å². The zero-order chi connectivity index (χ0) is 15.5. The van der Waals surface area contributed by atoms with E-state index in [4.69, 9.17) is 10.5 Å². The molecule has 0 radical (unpaired) electrons. The number of nitrogens with one attached hydrogen (secondary N) is 1. The number of hydrogen-bond acceptors (Lipinski definition) is 4. The van der Waals surface area contributed by atoms with Crippen molar-refractivity contribution in [3.63, 3.8) is 0 Å². The Morgan fingerprint density at radius 1 is 1.24 bits per heavy atom. The molecule has 3 N–H and O–H groups in total. The first-order valence-electron chi connectivity index (χ1n) is 6.23. The number of halogens is 1. The fourth-order valence-corrected chi connectivity index (χ4v) is 2.99. The number of benzene rings is 2. The molecule has 21 heavy (non-hydrogen) atoms. The minimum absolute atomic E-state index is 0.0298. The van der Waals surface area contributed by atoms with Crippen molar-refractivity contribution in [2.24, 2.45) is 0 Å². The lowest BCUT2D eigenvalue weighted by Crippen LogP contribution is -2.15. The first-order chi connectivity index (χ1) is 9.94. The van der Waals surface area contributed by atoms with Crippen molar-refractivity contribution in [2.45, 2.75) is 11.8 Å². The maximum Gasteiger partial charge on any atom is 0.264 e. The van der Waals surface area contributed by atoms with Crippen LogP contribution < -0.4 is 15.2 Å². The largest absolute Gasteiger partial charge is 0.492 e. The van der Waals surface area contributed by atoms with Gasteiger partial charge in [0.25, 0.3) is 10.0 Å². The van der Waals surface area contributed by atoms with Gasteiger partial charge in [-0.1, -0.05) is 12.1 Å². The van der Waals surface area contributed by atoms with E-state index < -0.39 is 15.8 Å². The summed E-state index contributed by atoms with van der Waals surface area (Å²) in [6.07, 6.45) is 0. The second kappa shape index (κ2) is 6.01. The predicted octanol–water partition coefficient (Wildman–Crippen LogP) is 2.61. The van der Waals surface area contributed by atoms with Crippen molar-refractivity contribution in [2.75, 3.05) is 17.1 Å². The summed E-state index contributed by atoms with van der Waals surface area (Å²) in [7, 11) is -4.00. The summed E-state index contributed by atoms with van der Waals surface area (Å²) in [6, 6.07) is 9.75. The molecule has 2 aromatic rings. The monoisotopic (exact) mass is 310 g/mol. The molecule has 0 aliphatic carbocycles. The van der Waals surface area contributed by atoms with E-state index in [1.807, 2.05) is 0 Å². The lowest BCUT2D eigenvalue weighted by molar-refractivity contribution is 0.342. The lowest BCUT2D eigenvalue weighted by Gasteiger charge is -2.13. The topological polar surface area (TPSA) is 81.4 Å². The SMILES string of the molecule is CCOc1ccccc1NS(=O)(=O)c1cc(F)ccc1N. The van der Waals surface area contributed by atoms with Crippen LogP contribution in [-0.2, 0) is 10.0 Å². The highest BCUT2D eigenvalue weighted by atomic mass is 32.2. The van der Waals surface area contributed by atoms with Gasteiger partial charge < -0.3 is 10.5 Å². The maximum atomic E-state index is 13.2. The lowest BCUT2D eigenvalue weighted by atomic mass is 10.3. The van der Waals surface area contributed by atoms with Crippen LogP contribution in [-0.4, -0.2) is 15.0 Å². The van der Waals surface area contributed by atoms with Gasteiger partial charge in [-0.05, 0) is 37.3 Å². The molecule has 2 rings (SSSR count). The summed E-state index contributed by atoms with van der Waals surface area (Å²) >= 11 is 0. The average molecular weight is 310 g/mol. The number of hydrogen-bond donors (Lipinski definition) is 2. The molecular formula is C14H15FN2O3S. The van der Waals surface area contributed by atoms with Crippen molar-refractivity contribution in [1.29, 1.82) is 0 Å². The van der Waals surface area contributed by atoms with Crippen molar-refractivity contribution >= 4 is 21.4 Å². The van der Waals surface area contributed by atoms with Gasteiger partial charge >= 0.3 is 0 Å². The molecule has 0 saturated heterocycles. The van der Waals surface area contributed by atoms with Crippen LogP contribution in [0.15, 0.2) is 47.4 Å². The molecule has 112 valence electrons. The van der Waals surface area contributed by atoms with Gasteiger partial charge in [0.2, 0.25) is 0 Å². The van der Waals surface area contributed by atoms with Gasteiger partial charge in [-0.25, -0.2) is 12.8 Å². The highest BCUT2D eigenvalue weighted by Crippen LogP contribution is 2.28. The van der Waals surface area contributed by atoms with Crippen LogP contribution in [0.5, 0.6) is 5.75 Å². The van der Waals surface area contributed by atoms with E-state index in [1.54, 1.807) is 31.2 Å². The third kappa shape index (κ3) is 3.43. The van der Waals surface area contributed by atoms with E-state index in [9.17, 15) is 12.8 Å². The average Bonchev–Trinajstić information content (AvgIpc) is 2.43. The molecule has 0 bridgehead atoms. The van der Waals surface area contributed by atoms with Crippen LogP contribution in [0.1, 0.15) is 6.92 Å². The van der Waals surface area contributed by atoms with E-state index in [-0.39, 0.29) is 16.3 Å². The smallest absolute Gasteiger partial charge is 0.264 e. The van der Waals surface area contributed by atoms with E-state index >= 15 is 0 Å². The van der Waals surface area contributed by atoms with Crippen LogP contribution in [0.3, 0.4) is 0 Å². The Morgan fingerprint density at radius 3 is 2.67 bits per heavy atom. The van der Waals surface area contributed by atoms with E-state index in [1.165, 1.54) is 6.07 Å². The molecule has 2 aromatic carbocycles. The third-order valence-corrected chi connectivity index (χ3v) is 4.12. The summed E-state index contributed by atoms with van der Waals surface area (Å²) in [5.41, 5.74) is 5.85. The van der Waals surface area contributed by atoms with Gasteiger partial charge in [0.05, 0.1) is 18.0 Å². The normalized spacial score (nSPS) is 11.1. The highest BCUT2D eigenvalue weighted by Gasteiger charge is 2.20. The Balaban J connectivity index is 2.40. The number of nitrogens with two attached hydrogens (primary N) is 1. The number of anilines is 2. The van der Waals surface area contributed by atoms with Gasteiger partial charge in [0, 0.05) is 0 Å². The maximum absolute atomic E-state index is 13.2. The molecule has 0 saturated carbocycles. The Morgan fingerprint density at radius 2 is 1.95 bits per heavy atom. The second-order valence-corrected chi connectivity index (χ2v) is 5.87. The predicted molar refractivity (Wildman–Crippen MR) is 79.2 cm³/mol. The molecule has 0 spiro atoms. The van der Waals surface area contributed by atoms with Crippen molar-refractivity contribution in [3.8, 4) is 5.75 Å². The minimum atomic E-state index is -4.00. The summed E-state index contributed by atoms with van der Waals surface area (Å²) in [5, 5.41) is 0. The molecule has 5 nitrogen and oxygen atoms in total. The van der Waals surface area contributed by atoms with Crippen LogP contribution in [0.4, 0.5) is 15.8 Å². The number of para-hydroxylation sites is 2. The molecule has 0 atom stereocenters. The Kier molecular flexibility index (Phi) is 4.32. The Hall–Kier alpha value is -2.28. The molecule has 0 aliphatic rings. The first-order valence-corrected chi connectivity index (χ1v) is 7.72. The van der Waals surface area contributed by atoms with Gasteiger partial charge in [0.15, 0.2) is 0 Å². The van der Waals surface area contributed by atoms with Crippen LogP contribution >= 0.6 is 0 Å². The molecule has 0 aliphatic heterocycles. The number of rotatable bonds is 5. The van der Waals surface area contributed by atoms with E-state index in [0.717, 1.165) is 12.1 Å². The van der Waals surface area contributed by atoms with Gasteiger partial charge in [-0.2, -0.15) is 0 Å². The molecule has 0 amide bonds. The molecular weight excluding hydrogens is 295 g/mol. The number of nitrogen functional groups attached to an aromatic ring is 1. The molecule has 7 heteroatoms. The van der Waals surface area contributed by atoms with Gasteiger partial charge in [-0.3, -0.25) is 4.72 Å². The summed E-state index contributed by atoms with van der Waals surface area (Å²) in [5.74, 6) is -0.291. The number of ether oxygens (including phenoxy) is 1. The second-order valence-electron chi connectivity index (χ2n) is 4.22. The molecule has 0 unspecified atom stereocenters. The summed E-state index contributed by atoms with van der Waals surface area (Å²) in [4.78, 5) is -0.311. The van der Waals surface area contributed by atoms with Crippen LogP contribution in [0.25, 0.3) is 0 Å². The Bertz CT molecular complexity index is 748. The van der Waals surface area contributed by atoms with Crippen molar-refractivity contribution in [3.05, 3.63) is 48.3 Å². The molecule has 0 aromatic heterocycles. The number of sulfonamides is 1. The standard InChI is InChI=1S/C14H15FN2O3S/c1-2-20-13-6-4-3-5-12(13)17-21(18,19)14-9-10(15)7-8-11(14)16/h3-9,17H,2,16H2,1H3. The fourth-order valence-electron chi connectivity index (χ4n) is 1.77. The zero-order valence-electron chi connectivity index (χ0n) is 11.3. The quantitative estimate of drug-likeness (QED) is 0.832.